The summed E-state index contributed by atoms with van der Waals surface area (Å²) >= 11 is 20.0. The smallest absolute Gasteiger partial charge is 0.321 e. The number of nitrogens with one attached hydrogen (secondary N) is 1. The number of rotatable bonds is 6. The van der Waals surface area contributed by atoms with Crippen molar-refractivity contribution in [3.8, 4) is 11.5 Å². The fourth-order valence-electron chi connectivity index (χ4n) is 2.63. The number of carbonyl (C=O) groups is 1. The first kappa shape index (κ1) is 20.4. The molecule has 0 aliphatic carbocycles. The molecule has 2 atom stereocenters. The second-order valence-corrected chi connectivity index (χ2v) is 8.12. The molecule has 9 heteroatoms. The Kier molecular flexibility index (Phi) is 6.65. The van der Waals surface area contributed by atoms with E-state index in [1.54, 1.807) is 25.3 Å². The second-order valence-electron chi connectivity index (χ2n) is 5.79. The van der Waals surface area contributed by atoms with Gasteiger partial charge in [0, 0.05) is 16.3 Å². The van der Waals surface area contributed by atoms with Gasteiger partial charge >= 0.3 is 5.97 Å². The Bertz CT molecular complexity index is 865. The van der Waals surface area contributed by atoms with Crippen molar-refractivity contribution in [2.24, 2.45) is 0 Å². The number of benzene rings is 2. The number of halogens is 3. The molecule has 1 aliphatic rings. The summed E-state index contributed by atoms with van der Waals surface area (Å²) in [4.78, 5) is 11.1. The van der Waals surface area contributed by atoms with Crippen LogP contribution in [0.25, 0.3) is 0 Å². The Balaban J connectivity index is 1.81. The van der Waals surface area contributed by atoms with Crippen molar-refractivity contribution in [1.82, 2.24) is 5.32 Å². The van der Waals surface area contributed by atoms with Crippen molar-refractivity contribution in [2.75, 3.05) is 12.9 Å². The van der Waals surface area contributed by atoms with Crippen LogP contribution in [0, 0.1) is 0 Å². The van der Waals surface area contributed by atoms with Crippen molar-refractivity contribution >= 4 is 52.5 Å². The molecule has 1 saturated heterocycles. The molecule has 2 aromatic carbocycles. The van der Waals surface area contributed by atoms with Crippen LogP contribution in [0.3, 0.4) is 0 Å². The van der Waals surface area contributed by atoms with Crippen LogP contribution in [0.1, 0.15) is 16.5 Å². The molecular weight excluding hydrogens is 433 g/mol. The highest BCUT2D eigenvalue weighted by molar-refractivity contribution is 7.99. The van der Waals surface area contributed by atoms with Gasteiger partial charge in [0.05, 0.1) is 22.5 Å². The number of hydrogen-bond acceptors (Lipinski definition) is 5. The molecule has 144 valence electrons. The molecule has 2 unspecified atom stereocenters. The number of hydrogen-bond donors (Lipinski definition) is 2. The third kappa shape index (κ3) is 4.58. The normalized spacial score (nSPS) is 19.1. The molecule has 0 radical (unpaired) electrons. The van der Waals surface area contributed by atoms with Gasteiger partial charge in [0.2, 0.25) is 0 Å². The van der Waals surface area contributed by atoms with E-state index >= 15 is 0 Å². The van der Waals surface area contributed by atoms with Gasteiger partial charge in [-0.3, -0.25) is 10.1 Å². The van der Waals surface area contributed by atoms with E-state index in [1.165, 1.54) is 11.8 Å². The summed E-state index contributed by atoms with van der Waals surface area (Å²) in [5.74, 6) is 0.685. The molecule has 5 nitrogen and oxygen atoms in total. The lowest BCUT2D eigenvalue weighted by molar-refractivity contribution is -0.138. The quantitative estimate of drug-likeness (QED) is 0.605. The van der Waals surface area contributed by atoms with Crippen LogP contribution >= 0.6 is 46.6 Å². The molecule has 1 fully saturated rings. The Hall–Kier alpha value is -1.31. The van der Waals surface area contributed by atoms with Crippen molar-refractivity contribution in [3.63, 3.8) is 0 Å². The van der Waals surface area contributed by atoms with Crippen molar-refractivity contribution in [2.45, 2.75) is 18.0 Å². The topological polar surface area (TPSA) is 67.8 Å². The molecule has 0 amide bonds. The highest BCUT2D eigenvalue weighted by Gasteiger charge is 2.30. The van der Waals surface area contributed by atoms with Crippen molar-refractivity contribution in [1.29, 1.82) is 0 Å². The Morgan fingerprint density at radius 2 is 1.96 bits per heavy atom. The molecule has 1 heterocycles. The summed E-state index contributed by atoms with van der Waals surface area (Å²) in [5.41, 5.74) is 1.47. The van der Waals surface area contributed by atoms with Crippen LogP contribution in [-0.4, -0.2) is 30.0 Å². The first-order valence-corrected chi connectivity index (χ1v) is 10.1. The average molecular weight is 449 g/mol. The van der Waals surface area contributed by atoms with Crippen LogP contribution in [-0.2, 0) is 11.4 Å². The molecule has 2 aromatic rings. The number of ether oxygens (including phenoxy) is 2. The summed E-state index contributed by atoms with van der Waals surface area (Å²) in [7, 11) is 1.55. The zero-order chi connectivity index (χ0) is 19.6. The van der Waals surface area contributed by atoms with Gasteiger partial charge in [-0.1, -0.05) is 40.9 Å². The minimum atomic E-state index is -0.861. The van der Waals surface area contributed by atoms with Gasteiger partial charge in [0.1, 0.15) is 12.6 Å². The van der Waals surface area contributed by atoms with E-state index in [9.17, 15) is 4.79 Å². The molecule has 1 aliphatic heterocycles. The lowest BCUT2D eigenvalue weighted by Crippen LogP contribution is -2.33. The molecule has 27 heavy (non-hydrogen) atoms. The number of carboxylic acid groups (broad SMARTS) is 1. The zero-order valence-corrected chi connectivity index (χ0v) is 17.3. The summed E-state index contributed by atoms with van der Waals surface area (Å²) < 4.78 is 11.3. The molecule has 0 aromatic heterocycles. The largest absolute Gasteiger partial charge is 0.493 e. The number of methoxy groups -OCH3 is 1. The first-order valence-electron chi connectivity index (χ1n) is 7.94. The van der Waals surface area contributed by atoms with Crippen LogP contribution < -0.4 is 14.8 Å². The SMILES string of the molecule is COc1ccc(C2NC(C(=O)O)CS2)cc1OCc1c(Cl)ccc(Cl)c1Cl. The van der Waals surface area contributed by atoms with Gasteiger partial charge in [-0.05, 0) is 29.8 Å². The minimum Gasteiger partial charge on any atom is -0.493 e. The lowest BCUT2D eigenvalue weighted by Gasteiger charge is -2.17. The van der Waals surface area contributed by atoms with E-state index in [0.29, 0.717) is 37.9 Å². The monoisotopic (exact) mass is 447 g/mol. The van der Waals surface area contributed by atoms with Gasteiger partial charge in [-0.2, -0.15) is 0 Å². The molecular formula is C18H16Cl3NO4S. The molecule has 0 spiro atoms. The predicted molar refractivity (Wildman–Crippen MR) is 109 cm³/mol. The maximum atomic E-state index is 11.1. The van der Waals surface area contributed by atoms with E-state index in [1.807, 2.05) is 12.1 Å². The van der Waals surface area contributed by atoms with Crippen molar-refractivity contribution < 1.29 is 19.4 Å². The predicted octanol–water partition coefficient (Wildman–Crippen LogP) is 5.02. The number of carboxylic acids is 1. The van der Waals surface area contributed by atoms with E-state index < -0.39 is 12.0 Å². The molecule has 2 N–H and O–H groups in total. The third-order valence-electron chi connectivity index (χ3n) is 4.08. The molecule has 0 bridgehead atoms. The van der Waals surface area contributed by atoms with E-state index in [4.69, 9.17) is 49.4 Å². The van der Waals surface area contributed by atoms with Gasteiger partial charge < -0.3 is 14.6 Å². The standard InChI is InChI=1S/C18H16Cl3NO4S/c1-25-14-5-2-9(17-22-13(8-27-17)18(23)24)6-15(14)26-7-10-11(19)3-4-12(20)16(10)21/h2-6,13,17,22H,7-8H2,1H3,(H,23,24). The van der Waals surface area contributed by atoms with E-state index in [-0.39, 0.29) is 12.0 Å². The van der Waals surface area contributed by atoms with Crippen LogP contribution in [0.4, 0.5) is 0 Å². The average Bonchev–Trinajstić information content (AvgIpc) is 3.15. The number of thioether (sulfide) groups is 1. The van der Waals surface area contributed by atoms with Crippen LogP contribution in [0.2, 0.25) is 15.1 Å². The third-order valence-corrected chi connectivity index (χ3v) is 6.55. The Morgan fingerprint density at radius 1 is 1.22 bits per heavy atom. The summed E-state index contributed by atoms with van der Waals surface area (Å²) in [5, 5.41) is 13.3. The highest BCUT2D eigenvalue weighted by atomic mass is 35.5. The van der Waals surface area contributed by atoms with Crippen molar-refractivity contribution in [3.05, 3.63) is 56.5 Å². The van der Waals surface area contributed by atoms with Gasteiger partial charge in [-0.15, -0.1) is 11.8 Å². The van der Waals surface area contributed by atoms with Gasteiger partial charge in [-0.25, -0.2) is 0 Å². The summed E-state index contributed by atoms with van der Waals surface area (Å²) in [6.07, 6.45) is 0. The minimum absolute atomic E-state index is 0.112. The maximum absolute atomic E-state index is 11.1. The molecule has 3 rings (SSSR count). The fraction of sp³-hybridized carbons (Fsp3) is 0.278. The fourth-order valence-corrected chi connectivity index (χ4v) is 4.51. The Labute approximate surface area is 175 Å². The Morgan fingerprint density at radius 3 is 2.63 bits per heavy atom. The van der Waals surface area contributed by atoms with Gasteiger partial charge in [0.25, 0.3) is 0 Å². The van der Waals surface area contributed by atoms with Gasteiger partial charge in [0.15, 0.2) is 11.5 Å². The second kappa shape index (κ2) is 8.80. The zero-order valence-electron chi connectivity index (χ0n) is 14.2. The summed E-state index contributed by atoms with van der Waals surface area (Å²) in [6, 6.07) is 8.18. The maximum Gasteiger partial charge on any atom is 0.321 e. The first-order chi connectivity index (χ1) is 12.9. The van der Waals surface area contributed by atoms with E-state index in [0.717, 1.165) is 5.56 Å². The molecule has 0 saturated carbocycles. The number of aliphatic carboxylic acids is 1. The van der Waals surface area contributed by atoms with E-state index in [2.05, 4.69) is 5.32 Å². The highest BCUT2D eigenvalue weighted by Crippen LogP contribution is 2.38. The summed E-state index contributed by atoms with van der Waals surface area (Å²) in [6.45, 7) is 0.112. The van der Waals surface area contributed by atoms with Crippen LogP contribution in [0.15, 0.2) is 30.3 Å². The lowest BCUT2D eigenvalue weighted by atomic mass is 10.2. The van der Waals surface area contributed by atoms with Crippen LogP contribution in [0.5, 0.6) is 11.5 Å².